The van der Waals surface area contributed by atoms with Crippen molar-refractivity contribution in [1.29, 1.82) is 0 Å². The zero-order valence-corrected chi connectivity index (χ0v) is 8.00. The van der Waals surface area contributed by atoms with E-state index in [4.69, 9.17) is 0 Å². The van der Waals surface area contributed by atoms with Crippen LogP contribution in [-0.2, 0) is 0 Å². The number of rotatable bonds is 0. The summed E-state index contributed by atoms with van der Waals surface area (Å²) in [5.74, 6) is 0. The molecule has 1 saturated carbocycles. The summed E-state index contributed by atoms with van der Waals surface area (Å²) in [6.07, 6.45) is 12.6. The maximum Gasteiger partial charge on any atom is 0.205 e. The van der Waals surface area contributed by atoms with Crippen LogP contribution in [0.4, 0.5) is 0 Å². The molecule has 0 amide bonds. The topological polar surface area (TPSA) is 15.0 Å². The van der Waals surface area contributed by atoms with E-state index in [2.05, 4.69) is 22.3 Å². The Hall–Kier alpha value is -0.790. The maximum absolute atomic E-state index is 3.64. The monoisotopic (exact) mass is 177 g/mol. The molecule has 0 spiro atoms. The van der Waals surface area contributed by atoms with Crippen LogP contribution < -0.4 is 5.43 Å². The minimum atomic E-state index is 0.770. The van der Waals surface area contributed by atoms with Gasteiger partial charge in [-0.05, 0) is 19.3 Å². The Morgan fingerprint density at radius 2 is 2.08 bits per heavy atom. The normalized spacial score (nSPS) is 42.5. The number of hydrazone groups is 1. The first-order valence-corrected chi connectivity index (χ1v) is 5.51. The quantitative estimate of drug-likeness (QED) is 0.556. The molecule has 1 N–H and O–H groups in total. The fourth-order valence-corrected chi connectivity index (χ4v) is 2.82. The third-order valence-corrected chi connectivity index (χ3v) is 3.57. The van der Waals surface area contributed by atoms with Crippen LogP contribution in [-0.4, -0.2) is 22.5 Å². The van der Waals surface area contributed by atoms with Crippen molar-refractivity contribution in [3.63, 3.8) is 0 Å². The first-order valence-electron chi connectivity index (χ1n) is 5.51. The number of hydrogen-bond donors (Lipinski definition) is 1. The molecule has 2 nitrogen and oxygen atoms in total. The predicted octanol–water partition coefficient (Wildman–Crippen LogP) is 1.62. The Morgan fingerprint density at radius 1 is 1.23 bits per heavy atom. The van der Waals surface area contributed by atoms with Crippen molar-refractivity contribution in [2.45, 2.75) is 50.6 Å². The molecule has 2 heterocycles. The van der Waals surface area contributed by atoms with Crippen molar-refractivity contribution in [2.24, 2.45) is 0 Å². The van der Waals surface area contributed by atoms with E-state index in [-0.39, 0.29) is 0 Å². The summed E-state index contributed by atoms with van der Waals surface area (Å²) < 4.78 is 2.46. The van der Waals surface area contributed by atoms with Crippen molar-refractivity contribution >= 4 is 5.71 Å². The lowest BCUT2D eigenvalue weighted by Gasteiger charge is -2.34. The standard InChI is InChI=1S/C11H17N2/c1-2-4-10(3-1)13-11-7-5-9(12-13)6-8-11/h1,3,9,11-12H,2,4-8H2/q+1/b13-10-. The third kappa shape index (κ3) is 1.19. The maximum atomic E-state index is 3.64. The molecule has 13 heavy (non-hydrogen) atoms. The molecular weight excluding hydrogens is 160 g/mol. The van der Waals surface area contributed by atoms with Gasteiger partial charge in [0.1, 0.15) is 0 Å². The van der Waals surface area contributed by atoms with Crippen LogP contribution >= 0.6 is 0 Å². The molecule has 2 saturated heterocycles. The van der Waals surface area contributed by atoms with Crippen molar-refractivity contribution in [3.05, 3.63) is 12.2 Å². The Kier molecular flexibility index (Phi) is 1.67. The summed E-state index contributed by atoms with van der Waals surface area (Å²) >= 11 is 0. The van der Waals surface area contributed by atoms with Gasteiger partial charge in [-0.1, -0.05) is 6.08 Å². The lowest BCUT2D eigenvalue weighted by atomic mass is 9.89. The van der Waals surface area contributed by atoms with E-state index in [0.717, 1.165) is 12.1 Å². The van der Waals surface area contributed by atoms with E-state index >= 15 is 0 Å². The smallest absolute Gasteiger partial charge is 0.195 e. The van der Waals surface area contributed by atoms with E-state index in [9.17, 15) is 0 Å². The molecule has 0 radical (unpaired) electrons. The number of hydrogen-bond acceptors (Lipinski definition) is 1. The van der Waals surface area contributed by atoms with E-state index in [1.807, 2.05) is 0 Å². The highest BCUT2D eigenvalue weighted by Gasteiger charge is 2.38. The molecule has 3 fully saturated rings. The van der Waals surface area contributed by atoms with Crippen LogP contribution in [0.25, 0.3) is 0 Å². The largest absolute Gasteiger partial charge is 0.205 e. The molecule has 2 heteroatoms. The average molecular weight is 177 g/mol. The predicted molar refractivity (Wildman–Crippen MR) is 52.8 cm³/mol. The highest BCUT2D eigenvalue weighted by molar-refractivity contribution is 5.92. The van der Waals surface area contributed by atoms with Crippen LogP contribution in [0.2, 0.25) is 0 Å². The highest BCUT2D eigenvalue weighted by Crippen LogP contribution is 2.26. The number of nitrogens with zero attached hydrogens (tertiary/aromatic N) is 1. The highest BCUT2D eigenvalue weighted by atomic mass is 15.5. The molecular formula is C11H17N2+. The Bertz CT molecular complexity index is 270. The van der Waals surface area contributed by atoms with Crippen LogP contribution in [0.15, 0.2) is 12.2 Å². The minimum absolute atomic E-state index is 0.770. The zero-order chi connectivity index (χ0) is 8.67. The molecule has 2 bridgehead atoms. The van der Waals surface area contributed by atoms with Crippen molar-refractivity contribution in [3.8, 4) is 0 Å². The van der Waals surface area contributed by atoms with Crippen LogP contribution in [0.5, 0.6) is 0 Å². The number of hydrazine groups is 1. The van der Waals surface area contributed by atoms with Crippen molar-refractivity contribution < 1.29 is 4.68 Å². The van der Waals surface area contributed by atoms with Gasteiger partial charge < -0.3 is 0 Å². The van der Waals surface area contributed by atoms with Gasteiger partial charge in [-0.25, -0.2) is 0 Å². The summed E-state index contributed by atoms with van der Waals surface area (Å²) in [5, 5.41) is 0. The van der Waals surface area contributed by atoms with Crippen LogP contribution in [0.1, 0.15) is 38.5 Å². The summed E-state index contributed by atoms with van der Waals surface area (Å²) in [5.41, 5.74) is 5.16. The fourth-order valence-electron chi connectivity index (χ4n) is 2.82. The SMILES string of the molecule is C1=C/C(=[N+]2/NC3CCC2CC3)CC1. The molecule has 70 valence electrons. The fraction of sp³-hybridized carbons (Fsp3) is 0.727. The number of fused-ring (bicyclic) bond motifs is 3. The van der Waals surface area contributed by atoms with Gasteiger partial charge in [0.2, 0.25) is 5.71 Å². The molecule has 2 aliphatic heterocycles. The van der Waals surface area contributed by atoms with Gasteiger partial charge in [0.15, 0.2) is 6.04 Å². The van der Waals surface area contributed by atoms with E-state index in [1.54, 1.807) is 0 Å². The lowest BCUT2D eigenvalue weighted by Crippen LogP contribution is -2.55. The summed E-state index contributed by atoms with van der Waals surface area (Å²) in [6.45, 7) is 0. The van der Waals surface area contributed by atoms with E-state index < -0.39 is 0 Å². The first kappa shape index (κ1) is 7.60. The zero-order valence-electron chi connectivity index (χ0n) is 8.00. The van der Waals surface area contributed by atoms with Gasteiger partial charge in [-0.3, -0.25) is 0 Å². The summed E-state index contributed by atoms with van der Waals surface area (Å²) in [7, 11) is 0. The van der Waals surface area contributed by atoms with E-state index in [1.165, 1.54) is 44.2 Å². The molecule has 0 aromatic heterocycles. The average Bonchev–Trinajstić information content (AvgIpc) is 2.72. The Balaban J connectivity index is 1.91. The Labute approximate surface area is 79.3 Å². The third-order valence-electron chi connectivity index (χ3n) is 3.57. The minimum Gasteiger partial charge on any atom is -0.195 e. The van der Waals surface area contributed by atoms with Gasteiger partial charge in [0.05, 0.1) is 6.04 Å². The van der Waals surface area contributed by atoms with Gasteiger partial charge in [-0.2, -0.15) is 5.43 Å². The molecule has 0 aromatic rings. The lowest BCUT2D eigenvalue weighted by molar-refractivity contribution is -0.649. The van der Waals surface area contributed by atoms with Crippen LogP contribution in [0.3, 0.4) is 0 Å². The molecule has 2 aliphatic carbocycles. The van der Waals surface area contributed by atoms with Crippen molar-refractivity contribution in [2.75, 3.05) is 0 Å². The van der Waals surface area contributed by atoms with Gasteiger partial charge >= 0.3 is 0 Å². The number of nitrogens with one attached hydrogen (secondary N) is 1. The van der Waals surface area contributed by atoms with E-state index in [0.29, 0.717) is 0 Å². The molecule has 4 rings (SSSR count). The Morgan fingerprint density at radius 3 is 2.62 bits per heavy atom. The van der Waals surface area contributed by atoms with Gasteiger partial charge in [-0.15, -0.1) is 4.68 Å². The first-order chi connectivity index (χ1) is 6.43. The summed E-state index contributed by atoms with van der Waals surface area (Å²) in [6, 6.07) is 1.56. The molecule has 0 unspecified atom stereocenters. The molecule has 0 aromatic carbocycles. The molecule has 0 atom stereocenters. The molecule has 4 aliphatic rings. The van der Waals surface area contributed by atoms with Gasteiger partial charge in [0, 0.05) is 25.3 Å². The second-order valence-corrected chi connectivity index (χ2v) is 4.44. The van der Waals surface area contributed by atoms with Crippen LogP contribution in [0, 0.1) is 0 Å². The second kappa shape index (κ2) is 2.86. The summed E-state index contributed by atoms with van der Waals surface area (Å²) in [4.78, 5) is 0. The second-order valence-electron chi connectivity index (χ2n) is 4.44. The van der Waals surface area contributed by atoms with Gasteiger partial charge in [0.25, 0.3) is 0 Å². The number of allylic oxidation sites excluding steroid dienone is 2. The van der Waals surface area contributed by atoms with Crippen molar-refractivity contribution in [1.82, 2.24) is 5.43 Å².